The average Bonchev–Trinajstić information content (AvgIpc) is 3.01. The van der Waals surface area contributed by atoms with Gasteiger partial charge < -0.3 is 30.1 Å². The Morgan fingerprint density at radius 1 is 0.953 bits per heavy atom. The van der Waals surface area contributed by atoms with E-state index in [-0.39, 0.29) is 32.0 Å². The van der Waals surface area contributed by atoms with Crippen LogP contribution in [0, 0.1) is 18.6 Å². The highest BCUT2D eigenvalue weighted by molar-refractivity contribution is 5.80. The van der Waals surface area contributed by atoms with Crippen molar-refractivity contribution in [2.75, 3.05) is 24.5 Å². The van der Waals surface area contributed by atoms with E-state index in [4.69, 9.17) is 15.2 Å². The number of ether oxygens (including phenoxy) is 2. The Bertz CT molecular complexity index is 1640. The minimum Gasteiger partial charge on any atom is -0.480 e. The molecule has 1 saturated heterocycles. The van der Waals surface area contributed by atoms with Crippen molar-refractivity contribution in [1.29, 1.82) is 0 Å². The molecule has 1 atom stereocenters. The summed E-state index contributed by atoms with van der Waals surface area (Å²) in [4.78, 5) is 31.4. The first-order chi connectivity index (χ1) is 20.7. The van der Waals surface area contributed by atoms with E-state index < -0.39 is 41.4 Å². The quantitative estimate of drug-likeness (QED) is 0.277. The van der Waals surface area contributed by atoms with Crippen LogP contribution in [0.3, 0.4) is 0 Å². The predicted octanol–water partition coefficient (Wildman–Crippen LogP) is 5.50. The molecule has 0 radical (unpaired) electrons. The van der Waals surface area contributed by atoms with Crippen LogP contribution in [0.15, 0.2) is 78.9 Å². The Morgan fingerprint density at radius 2 is 1.72 bits per heavy atom. The molecule has 1 aromatic heterocycles. The van der Waals surface area contributed by atoms with Gasteiger partial charge >= 0.3 is 12.1 Å². The lowest BCUT2D eigenvalue weighted by atomic mass is 10.0. The van der Waals surface area contributed by atoms with Gasteiger partial charge in [0.15, 0.2) is 17.5 Å². The van der Waals surface area contributed by atoms with Crippen LogP contribution in [-0.2, 0) is 22.7 Å². The van der Waals surface area contributed by atoms with Gasteiger partial charge in [0, 0.05) is 25.7 Å². The molecule has 0 saturated carbocycles. The number of amides is 1. The number of carboxylic acid groups (broad SMARTS) is 1. The molecule has 3 aromatic carbocycles. The molecule has 1 aliphatic rings. The smallest absolute Gasteiger partial charge is 0.410 e. The van der Waals surface area contributed by atoms with Crippen LogP contribution < -0.4 is 15.4 Å². The van der Waals surface area contributed by atoms with E-state index in [0.29, 0.717) is 12.6 Å². The number of piperazine rings is 1. The number of carbonyl (C=O) groups excluding carboxylic acids is 1. The Labute approximate surface area is 247 Å². The number of nitrogens with two attached hydrogens (primary N) is 1. The van der Waals surface area contributed by atoms with Crippen LogP contribution in [0.1, 0.15) is 16.7 Å². The number of nitrogens with zero attached hydrogens (tertiary/aromatic N) is 3. The summed E-state index contributed by atoms with van der Waals surface area (Å²) in [5.74, 6) is -4.07. The van der Waals surface area contributed by atoms with Crippen LogP contribution in [0.4, 0.5) is 19.4 Å². The van der Waals surface area contributed by atoms with Crippen molar-refractivity contribution < 1.29 is 33.0 Å². The van der Waals surface area contributed by atoms with E-state index in [1.165, 1.54) is 9.80 Å². The number of benzene rings is 3. The monoisotopic (exact) mass is 588 g/mol. The van der Waals surface area contributed by atoms with Crippen LogP contribution >= 0.6 is 0 Å². The fraction of sp³-hybridized carbons (Fsp3) is 0.219. The number of anilines is 1. The van der Waals surface area contributed by atoms with Gasteiger partial charge in [-0.1, -0.05) is 54.6 Å². The third-order valence-corrected chi connectivity index (χ3v) is 7.04. The fourth-order valence-corrected chi connectivity index (χ4v) is 4.90. The molecule has 1 aliphatic heterocycles. The second-order valence-electron chi connectivity index (χ2n) is 10.2. The Kier molecular flexibility index (Phi) is 8.82. The van der Waals surface area contributed by atoms with Crippen molar-refractivity contribution in [1.82, 2.24) is 9.88 Å². The van der Waals surface area contributed by atoms with Crippen molar-refractivity contribution in [2.24, 2.45) is 5.73 Å². The van der Waals surface area contributed by atoms with E-state index in [9.17, 15) is 19.1 Å². The lowest BCUT2D eigenvalue weighted by Crippen LogP contribution is -2.58. The molecule has 9 nitrogen and oxygen atoms in total. The van der Waals surface area contributed by atoms with E-state index in [0.717, 1.165) is 27.8 Å². The van der Waals surface area contributed by atoms with Gasteiger partial charge in [-0.2, -0.15) is 4.98 Å². The van der Waals surface area contributed by atoms with Gasteiger partial charge in [0.2, 0.25) is 0 Å². The van der Waals surface area contributed by atoms with E-state index in [1.807, 2.05) is 55.5 Å². The summed E-state index contributed by atoms with van der Waals surface area (Å²) >= 11 is 0. The maximum Gasteiger partial charge on any atom is 0.410 e. The lowest BCUT2D eigenvalue weighted by molar-refractivity contribution is -0.139. The zero-order valence-corrected chi connectivity index (χ0v) is 23.4. The van der Waals surface area contributed by atoms with Crippen LogP contribution in [0.25, 0.3) is 11.1 Å². The zero-order valence-electron chi connectivity index (χ0n) is 23.4. The van der Waals surface area contributed by atoms with Crippen molar-refractivity contribution in [2.45, 2.75) is 26.1 Å². The summed E-state index contributed by atoms with van der Waals surface area (Å²) < 4.78 is 41.1. The van der Waals surface area contributed by atoms with Crippen LogP contribution in [0.5, 0.6) is 11.6 Å². The molecule has 4 aromatic rings. The molecular formula is C32H30F2N4O5. The maximum absolute atomic E-state index is 15.1. The first kappa shape index (κ1) is 29.5. The molecule has 5 rings (SSSR count). The van der Waals surface area contributed by atoms with Crippen molar-refractivity contribution in [3.05, 3.63) is 107 Å². The third-order valence-electron chi connectivity index (χ3n) is 7.04. The Morgan fingerprint density at radius 3 is 2.47 bits per heavy atom. The topological polar surface area (TPSA) is 118 Å². The number of halogens is 2. The standard InChI is InChI=1S/C32H30F2N4O5/c1-20-12-24(23-9-5-8-22(14-23)17-35)15-25(13-20)43-30-27(34)16-26(33)29(36-30)38-11-10-37(18-28(38)31(39)40)32(41)42-19-21-6-3-2-4-7-21/h2-9,12-16,28H,10-11,17-19,35H2,1H3,(H,39,40). The number of rotatable bonds is 8. The molecule has 1 fully saturated rings. The van der Waals surface area contributed by atoms with E-state index in [2.05, 4.69) is 4.98 Å². The molecule has 1 amide bonds. The van der Waals surface area contributed by atoms with Crippen LogP contribution in [0.2, 0.25) is 0 Å². The van der Waals surface area contributed by atoms with Crippen molar-refractivity contribution in [3.63, 3.8) is 0 Å². The number of hydrogen-bond acceptors (Lipinski definition) is 7. The summed E-state index contributed by atoms with van der Waals surface area (Å²) in [5, 5.41) is 9.95. The molecule has 222 valence electrons. The summed E-state index contributed by atoms with van der Waals surface area (Å²) in [6.07, 6.45) is -0.696. The van der Waals surface area contributed by atoms with Gasteiger partial charge in [-0.05, 0) is 52.9 Å². The largest absolute Gasteiger partial charge is 0.480 e. The molecule has 2 heterocycles. The SMILES string of the molecule is Cc1cc(Oc2nc(N3CCN(C(=O)OCc4ccccc4)CC3C(=O)O)c(F)cc2F)cc(-c2cccc(CN)c2)c1. The normalized spacial score (nSPS) is 14.8. The maximum atomic E-state index is 15.1. The molecule has 1 unspecified atom stereocenters. The number of hydrogen-bond donors (Lipinski definition) is 2. The average molecular weight is 589 g/mol. The number of aryl methyl sites for hydroxylation is 1. The Hall–Kier alpha value is -5.03. The molecule has 43 heavy (non-hydrogen) atoms. The first-order valence-electron chi connectivity index (χ1n) is 13.6. The fourth-order valence-electron chi connectivity index (χ4n) is 4.90. The number of carbonyl (C=O) groups is 2. The van der Waals surface area contributed by atoms with Crippen molar-refractivity contribution in [3.8, 4) is 22.8 Å². The molecular weight excluding hydrogens is 558 g/mol. The molecule has 0 aliphatic carbocycles. The zero-order chi connectivity index (χ0) is 30.5. The van der Waals surface area contributed by atoms with Crippen molar-refractivity contribution >= 4 is 17.9 Å². The summed E-state index contributed by atoms with van der Waals surface area (Å²) in [7, 11) is 0. The first-order valence-corrected chi connectivity index (χ1v) is 13.6. The lowest BCUT2D eigenvalue weighted by Gasteiger charge is -2.39. The number of aliphatic carboxylic acids is 1. The highest BCUT2D eigenvalue weighted by atomic mass is 19.1. The predicted molar refractivity (Wildman–Crippen MR) is 156 cm³/mol. The number of pyridine rings is 1. The van der Waals surface area contributed by atoms with Gasteiger partial charge in [0.05, 0.1) is 6.54 Å². The molecule has 3 N–H and O–H groups in total. The summed E-state index contributed by atoms with van der Waals surface area (Å²) in [5.41, 5.74) is 10.0. The van der Waals surface area contributed by atoms with Gasteiger partial charge in [0.1, 0.15) is 18.4 Å². The second-order valence-corrected chi connectivity index (χ2v) is 10.2. The van der Waals surface area contributed by atoms with Gasteiger partial charge in [-0.15, -0.1) is 0 Å². The second kappa shape index (κ2) is 12.9. The highest BCUT2D eigenvalue weighted by Crippen LogP contribution is 2.33. The molecule has 0 spiro atoms. The van der Waals surface area contributed by atoms with E-state index in [1.54, 1.807) is 24.3 Å². The minimum atomic E-state index is -1.36. The summed E-state index contributed by atoms with van der Waals surface area (Å²) in [6, 6.07) is 21.3. The summed E-state index contributed by atoms with van der Waals surface area (Å²) in [6.45, 7) is 1.90. The van der Waals surface area contributed by atoms with Gasteiger partial charge in [0.25, 0.3) is 5.88 Å². The van der Waals surface area contributed by atoms with Gasteiger partial charge in [-0.25, -0.2) is 18.4 Å². The highest BCUT2D eigenvalue weighted by Gasteiger charge is 2.37. The Balaban J connectivity index is 1.36. The third kappa shape index (κ3) is 6.90. The van der Waals surface area contributed by atoms with E-state index >= 15 is 4.39 Å². The number of aromatic nitrogens is 1. The molecule has 0 bridgehead atoms. The van der Waals surface area contributed by atoms with Gasteiger partial charge in [-0.3, -0.25) is 0 Å². The van der Waals surface area contributed by atoms with Crippen LogP contribution in [-0.4, -0.2) is 52.7 Å². The number of carboxylic acids is 1. The molecule has 11 heteroatoms. The minimum absolute atomic E-state index is 0.0194.